The van der Waals surface area contributed by atoms with E-state index in [9.17, 15) is 0 Å². The van der Waals surface area contributed by atoms with Gasteiger partial charge in [0.25, 0.3) is 0 Å². The number of fused-ring (bicyclic) bond motifs is 1. The van der Waals surface area contributed by atoms with Gasteiger partial charge >= 0.3 is 0 Å². The molecule has 1 aliphatic carbocycles. The first-order chi connectivity index (χ1) is 9.26. The van der Waals surface area contributed by atoms with Gasteiger partial charge in [0.15, 0.2) is 0 Å². The lowest BCUT2D eigenvalue weighted by atomic mass is 10.1. The molecule has 2 aromatic rings. The monoisotopic (exact) mass is 248 g/mol. The minimum atomic E-state index is 0.686. The smallest absolute Gasteiger partial charge is 0.101 e. The van der Waals surface area contributed by atoms with Crippen LogP contribution in [-0.2, 0) is 12.8 Å². The molecule has 1 N–H and O–H groups in total. The van der Waals surface area contributed by atoms with Gasteiger partial charge in [0.05, 0.1) is 11.3 Å². The molecule has 1 aliphatic rings. The number of rotatable bonds is 2. The van der Waals surface area contributed by atoms with E-state index in [1.165, 1.54) is 30.4 Å². The molecule has 0 radical (unpaired) electrons. The second kappa shape index (κ2) is 4.78. The maximum Gasteiger partial charge on any atom is 0.101 e. The van der Waals surface area contributed by atoms with Gasteiger partial charge in [-0.3, -0.25) is 0 Å². The van der Waals surface area contributed by atoms with Crippen molar-refractivity contribution in [1.29, 1.82) is 5.26 Å². The molecule has 0 saturated heterocycles. The van der Waals surface area contributed by atoms with Gasteiger partial charge in [0.2, 0.25) is 0 Å². The van der Waals surface area contributed by atoms with Crippen LogP contribution in [0, 0.1) is 18.3 Å². The van der Waals surface area contributed by atoms with Crippen molar-refractivity contribution in [3.8, 4) is 6.07 Å². The zero-order chi connectivity index (χ0) is 13.2. The van der Waals surface area contributed by atoms with Crippen molar-refractivity contribution in [2.45, 2.75) is 26.2 Å². The molecule has 19 heavy (non-hydrogen) atoms. The molecule has 94 valence electrons. The third-order valence-electron chi connectivity index (χ3n) is 3.67. The van der Waals surface area contributed by atoms with Gasteiger partial charge in [-0.25, -0.2) is 0 Å². The molecule has 0 fully saturated rings. The lowest BCUT2D eigenvalue weighted by Gasteiger charge is -2.10. The van der Waals surface area contributed by atoms with Gasteiger partial charge in [0.1, 0.15) is 6.07 Å². The van der Waals surface area contributed by atoms with Crippen molar-refractivity contribution in [2.75, 3.05) is 5.32 Å². The molecule has 0 amide bonds. The summed E-state index contributed by atoms with van der Waals surface area (Å²) >= 11 is 0. The fraction of sp³-hybridized carbons (Fsp3) is 0.235. The summed E-state index contributed by atoms with van der Waals surface area (Å²) in [6.45, 7) is 2.04. The van der Waals surface area contributed by atoms with Crippen LogP contribution < -0.4 is 5.32 Å². The quantitative estimate of drug-likeness (QED) is 0.868. The zero-order valence-electron chi connectivity index (χ0n) is 11.0. The lowest BCUT2D eigenvalue weighted by Crippen LogP contribution is -1.95. The Kier molecular flexibility index (Phi) is 2.97. The summed E-state index contributed by atoms with van der Waals surface area (Å²) in [6, 6.07) is 14.6. The predicted molar refractivity (Wildman–Crippen MR) is 77.6 cm³/mol. The number of hydrogen-bond acceptors (Lipinski definition) is 2. The highest BCUT2D eigenvalue weighted by atomic mass is 14.9. The van der Waals surface area contributed by atoms with Crippen molar-refractivity contribution < 1.29 is 0 Å². The first kappa shape index (κ1) is 11.8. The number of benzene rings is 2. The van der Waals surface area contributed by atoms with E-state index in [4.69, 9.17) is 5.26 Å². The standard InChI is InChI=1S/C17H16N2/c1-12-5-6-15(11-18)17(9-12)19-16-8-7-13-3-2-4-14(13)10-16/h5-10,19H,2-4H2,1H3. The number of nitrogens with one attached hydrogen (secondary N) is 1. The highest BCUT2D eigenvalue weighted by Gasteiger charge is 2.11. The molecule has 0 spiro atoms. The minimum absolute atomic E-state index is 0.686. The number of nitriles is 1. The highest BCUT2D eigenvalue weighted by molar-refractivity contribution is 5.68. The number of hydrogen-bond donors (Lipinski definition) is 1. The summed E-state index contributed by atoms with van der Waals surface area (Å²) in [5.41, 5.74) is 6.71. The molecule has 3 rings (SSSR count). The molecule has 2 heteroatoms. The van der Waals surface area contributed by atoms with Crippen LogP contribution in [0.25, 0.3) is 0 Å². The van der Waals surface area contributed by atoms with E-state index in [1.54, 1.807) is 0 Å². The Bertz CT molecular complexity index is 665. The van der Waals surface area contributed by atoms with Crippen LogP contribution in [-0.4, -0.2) is 0 Å². The highest BCUT2D eigenvalue weighted by Crippen LogP contribution is 2.28. The molecule has 2 nitrogen and oxygen atoms in total. The Hall–Kier alpha value is -2.27. The molecule has 0 bridgehead atoms. The van der Waals surface area contributed by atoms with Crippen LogP contribution in [0.2, 0.25) is 0 Å². The molecular formula is C17H16N2. The first-order valence-corrected chi connectivity index (χ1v) is 6.66. The molecule has 2 aromatic carbocycles. The van der Waals surface area contributed by atoms with E-state index < -0.39 is 0 Å². The average Bonchev–Trinajstić information content (AvgIpc) is 2.86. The Morgan fingerprint density at radius 1 is 1.05 bits per heavy atom. The molecule has 0 aromatic heterocycles. The van der Waals surface area contributed by atoms with E-state index >= 15 is 0 Å². The van der Waals surface area contributed by atoms with Gasteiger partial charge in [-0.15, -0.1) is 0 Å². The summed E-state index contributed by atoms with van der Waals surface area (Å²) in [4.78, 5) is 0. The Morgan fingerprint density at radius 3 is 2.74 bits per heavy atom. The Balaban J connectivity index is 1.93. The number of nitrogens with zero attached hydrogens (tertiary/aromatic N) is 1. The van der Waals surface area contributed by atoms with Crippen LogP contribution in [0.3, 0.4) is 0 Å². The second-order valence-electron chi connectivity index (χ2n) is 5.12. The Morgan fingerprint density at radius 2 is 1.89 bits per heavy atom. The van der Waals surface area contributed by atoms with Gasteiger partial charge in [-0.2, -0.15) is 5.26 Å². The van der Waals surface area contributed by atoms with Crippen LogP contribution in [0.4, 0.5) is 11.4 Å². The van der Waals surface area contributed by atoms with Crippen LogP contribution in [0.15, 0.2) is 36.4 Å². The topological polar surface area (TPSA) is 35.8 Å². The predicted octanol–water partition coefficient (Wildman–Crippen LogP) is 4.10. The molecule has 0 heterocycles. The SMILES string of the molecule is Cc1ccc(C#N)c(Nc2ccc3c(c2)CCC3)c1. The fourth-order valence-corrected chi connectivity index (χ4v) is 2.66. The minimum Gasteiger partial charge on any atom is -0.354 e. The third-order valence-corrected chi connectivity index (χ3v) is 3.67. The lowest BCUT2D eigenvalue weighted by molar-refractivity contribution is 0.912. The summed E-state index contributed by atoms with van der Waals surface area (Å²) < 4.78 is 0. The summed E-state index contributed by atoms with van der Waals surface area (Å²) in [5.74, 6) is 0. The maximum absolute atomic E-state index is 9.15. The van der Waals surface area contributed by atoms with E-state index in [0.717, 1.165) is 16.9 Å². The van der Waals surface area contributed by atoms with Gasteiger partial charge < -0.3 is 5.32 Å². The van der Waals surface area contributed by atoms with Crippen molar-refractivity contribution in [1.82, 2.24) is 0 Å². The van der Waals surface area contributed by atoms with Crippen LogP contribution in [0.1, 0.15) is 28.7 Å². The Labute approximate surface area is 113 Å². The van der Waals surface area contributed by atoms with Crippen molar-refractivity contribution in [3.63, 3.8) is 0 Å². The normalized spacial score (nSPS) is 12.8. The van der Waals surface area contributed by atoms with E-state index in [2.05, 4.69) is 29.6 Å². The summed E-state index contributed by atoms with van der Waals surface area (Å²) in [5, 5.41) is 12.5. The maximum atomic E-state index is 9.15. The van der Waals surface area contributed by atoms with E-state index in [-0.39, 0.29) is 0 Å². The van der Waals surface area contributed by atoms with Crippen molar-refractivity contribution in [3.05, 3.63) is 58.7 Å². The summed E-state index contributed by atoms with van der Waals surface area (Å²) in [6.07, 6.45) is 3.62. The van der Waals surface area contributed by atoms with E-state index in [1.807, 2.05) is 25.1 Å². The molecule has 0 unspecified atom stereocenters. The fourth-order valence-electron chi connectivity index (χ4n) is 2.66. The van der Waals surface area contributed by atoms with Crippen LogP contribution in [0.5, 0.6) is 0 Å². The van der Waals surface area contributed by atoms with Crippen LogP contribution >= 0.6 is 0 Å². The molecule has 0 atom stereocenters. The summed E-state index contributed by atoms with van der Waals surface area (Å²) in [7, 11) is 0. The van der Waals surface area contributed by atoms with Gasteiger partial charge in [-0.1, -0.05) is 12.1 Å². The van der Waals surface area contributed by atoms with Crippen molar-refractivity contribution in [2.24, 2.45) is 0 Å². The van der Waals surface area contributed by atoms with Crippen molar-refractivity contribution >= 4 is 11.4 Å². The van der Waals surface area contributed by atoms with E-state index in [0.29, 0.717) is 5.56 Å². The second-order valence-corrected chi connectivity index (χ2v) is 5.12. The molecule has 0 aliphatic heterocycles. The van der Waals surface area contributed by atoms with Gasteiger partial charge in [0, 0.05) is 5.69 Å². The largest absolute Gasteiger partial charge is 0.354 e. The molecule has 0 saturated carbocycles. The van der Waals surface area contributed by atoms with Gasteiger partial charge in [-0.05, 0) is 67.1 Å². The zero-order valence-corrected chi connectivity index (χ0v) is 11.0. The first-order valence-electron chi connectivity index (χ1n) is 6.66. The number of aryl methyl sites for hydroxylation is 3. The average molecular weight is 248 g/mol. The third kappa shape index (κ3) is 2.32. The number of anilines is 2. The molecular weight excluding hydrogens is 232 g/mol.